The zero-order valence-electron chi connectivity index (χ0n) is 24.6. The van der Waals surface area contributed by atoms with Crippen LogP contribution in [0, 0.1) is 46.3 Å². The predicted octanol–water partition coefficient (Wildman–Crippen LogP) is 8.61. The average molecular weight is 499 g/mol. The Balaban J connectivity index is 1.23. The van der Waals surface area contributed by atoms with E-state index in [1.807, 2.05) is 0 Å². The second kappa shape index (κ2) is 10.7. The second-order valence-corrected chi connectivity index (χ2v) is 14.7. The Kier molecular flexibility index (Phi) is 8.09. The van der Waals surface area contributed by atoms with E-state index in [0.29, 0.717) is 10.8 Å². The molecule has 0 aromatic rings. The highest BCUT2D eigenvalue weighted by molar-refractivity contribution is 6.36. The lowest BCUT2D eigenvalue weighted by Crippen LogP contribution is -2.51. The molecular formula is C32H55BO3. The molecule has 0 radical (unpaired) electrons. The molecule has 0 spiro atoms. The molecule has 3 unspecified atom stereocenters. The van der Waals surface area contributed by atoms with Gasteiger partial charge in [-0.05, 0) is 118 Å². The summed E-state index contributed by atoms with van der Waals surface area (Å²) in [5, 5.41) is 0. The molecule has 1 heterocycles. The minimum Gasteiger partial charge on any atom is -0.383 e. The zero-order chi connectivity index (χ0) is 25.7. The molecule has 4 aliphatic carbocycles. The van der Waals surface area contributed by atoms with Gasteiger partial charge in [-0.25, -0.2) is 0 Å². The lowest BCUT2D eigenvalue weighted by Gasteiger charge is -2.58. The van der Waals surface area contributed by atoms with Crippen LogP contribution in [-0.2, 0) is 14.0 Å². The predicted molar refractivity (Wildman–Crippen MR) is 149 cm³/mol. The van der Waals surface area contributed by atoms with Gasteiger partial charge in [-0.3, -0.25) is 0 Å². The van der Waals surface area contributed by atoms with Crippen LogP contribution >= 0.6 is 0 Å². The van der Waals surface area contributed by atoms with Gasteiger partial charge in [-0.2, -0.15) is 0 Å². The van der Waals surface area contributed by atoms with Gasteiger partial charge >= 0.3 is 7.32 Å². The Morgan fingerprint density at radius 3 is 2.44 bits per heavy atom. The molecule has 10 atom stereocenters. The van der Waals surface area contributed by atoms with Crippen molar-refractivity contribution in [2.75, 3.05) is 0 Å². The van der Waals surface area contributed by atoms with Crippen molar-refractivity contribution >= 4 is 7.32 Å². The maximum Gasteiger partial charge on any atom is 0.640 e. The van der Waals surface area contributed by atoms with Gasteiger partial charge in [-0.1, -0.05) is 65.5 Å². The maximum atomic E-state index is 6.39. The summed E-state index contributed by atoms with van der Waals surface area (Å²) in [5.41, 5.74) is 2.64. The summed E-state index contributed by atoms with van der Waals surface area (Å²) >= 11 is 0. The van der Waals surface area contributed by atoms with E-state index in [1.54, 1.807) is 5.57 Å². The molecule has 5 rings (SSSR count). The van der Waals surface area contributed by atoms with Crippen molar-refractivity contribution in [3.8, 4) is 0 Å². The van der Waals surface area contributed by atoms with Crippen LogP contribution in [-0.4, -0.2) is 25.6 Å². The molecule has 4 heteroatoms. The first-order valence-electron chi connectivity index (χ1n) is 15.8. The topological polar surface area (TPSA) is 27.7 Å². The molecule has 0 aromatic heterocycles. The van der Waals surface area contributed by atoms with E-state index in [4.69, 9.17) is 14.0 Å². The third-order valence-corrected chi connectivity index (χ3v) is 11.9. The molecule has 3 nitrogen and oxygen atoms in total. The standard InChI is InChI=1S/C32H55BO3/c1-21(2)9-8-10-22(3)28-13-14-29-27-12-11-25-20-26(36-33-34-23(4)19-24(5)35-33)15-17-31(25,6)30(27)16-18-32(28,29)7/h11,21-24,26-30H,8-10,12-20H2,1-7H3/t22-,23?,24?,26?,27+,28-,29+,30+,31+,32-/m1/s1. The van der Waals surface area contributed by atoms with E-state index in [2.05, 4.69) is 54.5 Å². The molecule has 1 aliphatic heterocycles. The van der Waals surface area contributed by atoms with E-state index in [-0.39, 0.29) is 18.3 Å². The number of hydrogen-bond acceptors (Lipinski definition) is 3. The summed E-state index contributed by atoms with van der Waals surface area (Å²) in [5.74, 6) is 5.38. The second-order valence-electron chi connectivity index (χ2n) is 14.7. The SMILES string of the molecule is CC(C)CCC[C@@H](C)[C@H]1CC[C@H]2[C@@H]3CC=C4CC(OB5OC(C)CC(C)O5)CC[C@]4(C)[C@H]3CC[C@]12C. The van der Waals surface area contributed by atoms with Crippen LogP contribution in [0.1, 0.15) is 126 Å². The first-order chi connectivity index (χ1) is 17.1. The van der Waals surface area contributed by atoms with Crippen LogP contribution < -0.4 is 0 Å². The fraction of sp³-hybridized carbons (Fsp3) is 0.938. The van der Waals surface area contributed by atoms with Crippen LogP contribution in [0.25, 0.3) is 0 Å². The monoisotopic (exact) mass is 498 g/mol. The molecule has 0 bridgehead atoms. The van der Waals surface area contributed by atoms with Gasteiger partial charge in [-0.15, -0.1) is 0 Å². The quantitative estimate of drug-likeness (QED) is 0.260. The van der Waals surface area contributed by atoms with Gasteiger partial charge < -0.3 is 14.0 Å². The lowest BCUT2D eigenvalue weighted by atomic mass is 9.47. The van der Waals surface area contributed by atoms with Crippen molar-refractivity contribution < 1.29 is 14.0 Å². The van der Waals surface area contributed by atoms with Gasteiger partial charge in [0.2, 0.25) is 0 Å². The summed E-state index contributed by atoms with van der Waals surface area (Å²) in [6, 6.07) is 0. The van der Waals surface area contributed by atoms with Crippen LogP contribution in [0.3, 0.4) is 0 Å². The van der Waals surface area contributed by atoms with Crippen molar-refractivity contribution in [3.05, 3.63) is 11.6 Å². The highest BCUT2D eigenvalue weighted by atomic mass is 16.7. The lowest BCUT2D eigenvalue weighted by molar-refractivity contribution is -0.0677. The first kappa shape index (κ1) is 27.3. The number of allylic oxidation sites excluding steroid dienone is 1. The first-order valence-corrected chi connectivity index (χ1v) is 15.8. The normalized spacial score (nSPS) is 45.6. The third-order valence-electron chi connectivity index (χ3n) is 11.9. The molecule has 3 saturated carbocycles. The van der Waals surface area contributed by atoms with Crippen LogP contribution in [0.5, 0.6) is 0 Å². The molecule has 1 saturated heterocycles. The molecule has 0 aromatic carbocycles. The summed E-state index contributed by atoms with van der Waals surface area (Å²) in [4.78, 5) is 0. The molecule has 204 valence electrons. The Morgan fingerprint density at radius 2 is 1.72 bits per heavy atom. The van der Waals surface area contributed by atoms with Gasteiger partial charge in [0.1, 0.15) is 0 Å². The minimum atomic E-state index is -0.483. The smallest absolute Gasteiger partial charge is 0.383 e. The summed E-state index contributed by atoms with van der Waals surface area (Å²) < 4.78 is 18.3. The fourth-order valence-electron chi connectivity index (χ4n) is 9.98. The third kappa shape index (κ3) is 5.14. The van der Waals surface area contributed by atoms with Crippen molar-refractivity contribution in [1.82, 2.24) is 0 Å². The van der Waals surface area contributed by atoms with Gasteiger partial charge in [0.05, 0.1) is 0 Å². The maximum absolute atomic E-state index is 6.39. The van der Waals surface area contributed by atoms with Crippen molar-refractivity contribution in [3.63, 3.8) is 0 Å². The zero-order valence-corrected chi connectivity index (χ0v) is 24.6. The fourth-order valence-corrected chi connectivity index (χ4v) is 9.98. The molecule has 4 fully saturated rings. The van der Waals surface area contributed by atoms with Crippen molar-refractivity contribution in [2.24, 2.45) is 46.3 Å². The van der Waals surface area contributed by atoms with E-state index in [0.717, 1.165) is 54.8 Å². The van der Waals surface area contributed by atoms with Crippen LogP contribution in [0.15, 0.2) is 11.6 Å². The Bertz CT molecular complexity index is 786. The van der Waals surface area contributed by atoms with E-state index >= 15 is 0 Å². The number of hydrogen-bond donors (Lipinski definition) is 0. The number of rotatable bonds is 7. The summed E-state index contributed by atoms with van der Waals surface area (Å²) in [7, 11) is -0.483. The van der Waals surface area contributed by atoms with E-state index in [1.165, 1.54) is 57.8 Å². The van der Waals surface area contributed by atoms with Gasteiger partial charge in [0, 0.05) is 18.3 Å². The van der Waals surface area contributed by atoms with Gasteiger partial charge in [0.25, 0.3) is 0 Å². The minimum absolute atomic E-state index is 0.215. The summed E-state index contributed by atoms with van der Waals surface area (Å²) in [6.07, 6.45) is 19.2. The van der Waals surface area contributed by atoms with Gasteiger partial charge in [0.15, 0.2) is 0 Å². The van der Waals surface area contributed by atoms with E-state index < -0.39 is 7.32 Å². The molecular weight excluding hydrogens is 443 g/mol. The summed E-state index contributed by atoms with van der Waals surface area (Å²) in [6.45, 7) is 16.9. The molecule has 0 amide bonds. The molecule has 36 heavy (non-hydrogen) atoms. The van der Waals surface area contributed by atoms with Crippen LogP contribution in [0.2, 0.25) is 0 Å². The Morgan fingerprint density at radius 1 is 0.972 bits per heavy atom. The van der Waals surface area contributed by atoms with Crippen molar-refractivity contribution in [2.45, 2.75) is 144 Å². The molecule has 5 aliphatic rings. The molecule has 0 N–H and O–H groups in total. The largest absolute Gasteiger partial charge is 0.640 e. The Labute approximate surface area is 223 Å². The highest BCUT2D eigenvalue weighted by Gasteiger charge is 2.59. The number of fused-ring (bicyclic) bond motifs is 5. The van der Waals surface area contributed by atoms with E-state index in [9.17, 15) is 0 Å². The average Bonchev–Trinajstić information content (AvgIpc) is 3.15. The van der Waals surface area contributed by atoms with Crippen LogP contribution in [0.4, 0.5) is 0 Å². The highest BCUT2D eigenvalue weighted by Crippen LogP contribution is 2.67. The Hall–Kier alpha value is -0.315. The van der Waals surface area contributed by atoms with Crippen molar-refractivity contribution in [1.29, 1.82) is 0 Å².